The second kappa shape index (κ2) is 13.5. The van der Waals surface area contributed by atoms with Crippen LogP contribution in [-0.2, 0) is 6.54 Å². The Kier molecular flexibility index (Phi) is 9.29. The molecule has 7 rings (SSSR count). The van der Waals surface area contributed by atoms with Crippen molar-refractivity contribution in [1.82, 2.24) is 0 Å². The van der Waals surface area contributed by atoms with E-state index in [9.17, 15) is 0 Å². The fraction of sp³-hybridized carbons (Fsp3) is 0.154. The van der Waals surface area contributed by atoms with E-state index < -0.39 is 0 Å². The van der Waals surface area contributed by atoms with E-state index >= 15 is 0 Å². The summed E-state index contributed by atoms with van der Waals surface area (Å²) < 4.78 is 14.8. The predicted molar refractivity (Wildman–Crippen MR) is 180 cm³/mol. The number of hydrogen-bond donors (Lipinski definition) is 0. The average molecular weight is 725 g/mol. The topological polar surface area (TPSA) is 29.5 Å². The van der Waals surface area contributed by atoms with Crippen molar-refractivity contribution in [1.29, 1.82) is 0 Å². The van der Waals surface area contributed by atoms with Crippen molar-refractivity contribution in [3.8, 4) is 28.0 Å². The number of oxazole rings is 1. The lowest BCUT2D eigenvalue weighted by atomic mass is 10.0. The molecular weight excluding hydrogens is 691 g/mol. The zero-order valence-corrected chi connectivity index (χ0v) is 28.3. The van der Waals surface area contributed by atoms with Crippen LogP contribution in [0.1, 0.15) is 32.6 Å². The molecule has 0 N–H and O–H groups in total. The first-order valence-corrected chi connectivity index (χ1v) is 15.7. The van der Waals surface area contributed by atoms with Gasteiger partial charge in [-0.25, -0.2) is 0 Å². The standard InChI is InChI=1S/C39H34ClN2O2.HI/c1-3-41-33-25-31(27-11-7-5-8-12-27)17-21-35(33)43-37(41)23-19-29-15-16-30(39(29)40)20-24-38-42(4-2)34-26-32(18-22-36(34)44-38)28-13-9-6-10-14-28;/h5-14,17-26H,3-4,15-16H2,1-2H3;1H/q+1;/p-1. The summed E-state index contributed by atoms with van der Waals surface area (Å²) in [5.74, 6) is 2.50. The summed E-state index contributed by atoms with van der Waals surface area (Å²) in [7, 11) is 0. The third kappa shape index (κ3) is 6.11. The Morgan fingerprint density at radius 1 is 0.778 bits per heavy atom. The van der Waals surface area contributed by atoms with Crippen molar-refractivity contribution >= 4 is 34.5 Å². The van der Waals surface area contributed by atoms with Gasteiger partial charge < -0.3 is 38.0 Å². The third-order valence-corrected chi connectivity index (χ3v) is 8.87. The number of allylic oxidation sites excluding steroid dienone is 6. The Labute approximate surface area is 286 Å². The van der Waals surface area contributed by atoms with Crippen LogP contribution in [-0.4, -0.2) is 6.54 Å². The number of aryl methyl sites for hydroxylation is 1. The van der Waals surface area contributed by atoms with Gasteiger partial charge in [0.15, 0.2) is 5.75 Å². The highest BCUT2D eigenvalue weighted by Gasteiger charge is 2.26. The average Bonchev–Trinajstić information content (AvgIpc) is 3.74. The highest BCUT2D eigenvalue weighted by molar-refractivity contribution is 6.33. The summed E-state index contributed by atoms with van der Waals surface area (Å²) in [6.45, 7) is 5.89. The summed E-state index contributed by atoms with van der Waals surface area (Å²) in [5, 5.41) is 0.800. The molecule has 0 fully saturated rings. The number of nitrogens with zero attached hydrogens (tertiary/aromatic N) is 2. The minimum Gasteiger partial charge on any atom is -1.00 e. The summed E-state index contributed by atoms with van der Waals surface area (Å²) >= 11 is 6.92. The van der Waals surface area contributed by atoms with Gasteiger partial charge in [0, 0.05) is 17.6 Å². The van der Waals surface area contributed by atoms with Crippen LogP contribution in [0, 0.1) is 0 Å². The van der Waals surface area contributed by atoms with Crippen LogP contribution in [0.2, 0.25) is 0 Å². The van der Waals surface area contributed by atoms with E-state index in [-0.39, 0.29) is 24.0 Å². The van der Waals surface area contributed by atoms with Crippen molar-refractivity contribution < 1.29 is 37.7 Å². The van der Waals surface area contributed by atoms with Crippen LogP contribution in [0.5, 0.6) is 5.75 Å². The quantitative estimate of drug-likeness (QED) is 0.133. The van der Waals surface area contributed by atoms with Gasteiger partial charge in [0.25, 0.3) is 5.52 Å². The highest BCUT2D eigenvalue weighted by atomic mass is 127. The minimum atomic E-state index is 0. The minimum absolute atomic E-state index is 0. The number of rotatable bonds is 7. The summed E-state index contributed by atoms with van der Waals surface area (Å²) in [6, 6.07) is 33.6. The van der Waals surface area contributed by atoms with Crippen LogP contribution in [0.4, 0.5) is 5.69 Å². The highest BCUT2D eigenvalue weighted by Crippen LogP contribution is 2.42. The molecule has 0 amide bonds. The first-order chi connectivity index (χ1) is 21.6. The number of ether oxygens (including phenoxy) is 1. The number of aromatic nitrogens is 1. The zero-order valence-electron chi connectivity index (χ0n) is 25.3. The molecule has 5 aromatic rings. The summed E-state index contributed by atoms with van der Waals surface area (Å²) in [4.78, 5) is 2.21. The molecule has 2 aliphatic rings. The predicted octanol–water partition coefficient (Wildman–Crippen LogP) is 7.06. The smallest absolute Gasteiger partial charge is 0.374 e. The van der Waals surface area contributed by atoms with Crippen LogP contribution in [0.15, 0.2) is 142 Å². The molecule has 0 unspecified atom stereocenters. The summed E-state index contributed by atoms with van der Waals surface area (Å²) in [5.41, 5.74) is 10.0. The van der Waals surface area contributed by atoms with Gasteiger partial charge in [0.2, 0.25) is 11.5 Å². The molecule has 1 aromatic heterocycles. The van der Waals surface area contributed by atoms with Gasteiger partial charge in [0.05, 0.1) is 11.8 Å². The Morgan fingerprint density at radius 2 is 1.47 bits per heavy atom. The van der Waals surface area contributed by atoms with Crippen molar-refractivity contribution in [2.24, 2.45) is 0 Å². The van der Waals surface area contributed by atoms with E-state index in [1.54, 1.807) is 0 Å². The monoisotopic (exact) mass is 724 g/mol. The molecule has 1 aliphatic heterocycles. The maximum atomic E-state index is 6.92. The number of benzene rings is 4. The molecule has 226 valence electrons. The molecule has 0 radical (unpaired) electrons. The number of fused-ring (bicyclic) bond motifs is 2. The van der Waals surface area contributed by atoms with Crippen molar-refractivity contribution in [3.05, 3.63) is 143 Å². The molecule has 4 aromatic carbocycles. The van der Waals surface area contributed by atoms with Crippen LogP contribution in [0.25, 0.3) is 39.4 Å². The zero-order chi connectivity index (χ0) is 30.0. The van der Waals surface area contributed by atoms with Crippen molar-refractivity contribution in [2.75, 3.05) is 11.4 Å². The molecule has 6 heteroatoms. The molecule has 45 heavy (non-hydrogen) atoms. The van der Waals surface area contributed by atoms with Gasteiger partial charge >= 0.3 is 5.89 Å². The molecule has 0 saturated carbocycles. The first-order valence-electron chi connectivity index (χ1n) is 15.3. The molecule has 1 aliphatic carbocycles. The van der Waals surface area contributed by atoms with Crippen molar-refractivity contribution in [3.63, 3.8) is 0 Å². The second-order valence-corrected chi connectivity index (χ2v) is 11.4. The van der Waals surface area contributed by atoms with Crippen LogP contribution < -0.4 is 38.2 Å². The molecule has 0 spiro atoms. The fourth-order valence-corrected chi connectivity index (χ4v) is 6.39. The van der Waals surface area contributed by atoms with Gasteiger partial charge in [-0.1, -0.05) is 90.5 Å². The van der Waals surface area contributed by atoms with Gasteiger partial charge in [-0.05, 0) is 90.4 Å². The molecular formula is C39H34ClIN2O2. The summed E-state index contributed by atoms with van der Waals surface area (Å²) in [6.07, 6.45) is 10.1. The number of halogens is 2. The van der Waals surface area contributed by atoms with E-state index in [0.29, 0.717) is 0 Å². The van der Waals surface area contributed by atoms with E-state index in [1.165, 1.54) is 22.3 Å². The maximum absolute atomic E-state index is 6.92. The molecule has 0 saturated heterocycles. The lowest BCUT2D eigenvalue weighted by molar-refractivity contribution is -0.674. The van der Waals surface area contributed by atoms with E-state index in [2.05, 4.69) is 120 Å². The van der Waals surface area contributed by atoms with Gasteiger partial charge in [-0.15, -0.1) is 0 Å². The maximum Gasteiger partial charge on any atom is 0.374 e. The molecule has 2 heterocycles. The Balaban J connectivity index is 0.00000357. The Morgan fingerprint density at radius 3 is 2.16 bits per heavy atom. The van der Waals surface area contributed by atoms with Crippen LogP contribution in [0.3, 0.4) is 0 Å². The van der Waals surface area contributed by atoms with Gasteiger partial charge in [-0.2, -0.15) is 4.57 Å². The lowest BCUT2D eigenvalue weighted by Crippen LogP contribution is -3.00. The van der Waals surface area contributed by atoms with E-state index in [1.807, 2.05) is 24.3 Å². The Hall–Kier alpha value is -4.07. The van der Waals surface area contributed by atoms with Crippen LogP contribution >= 0.6 is 11.6 Å². The third-order valence-electron chi connectivity index (χ3n) is 8.39. The first kappa shape index (κ1) is 30.9. The van der Waals surface area contributed by atoms with Gasteiger partial charge in [0.1, 0.15) is 6.54 Å². The SMILES string of the molecule is CCN1/C(=C/C=C2\CCC(/C=C/c3oc4ccc(-c5ccccc5)cc4[n+]3CC)=C2Cl)Oc2ccc(-c3ccccc3)cc21.[I-]. The molecule has 4 nitrogen and oxygen atoms in total. The van der Waals surface area contributed by atoms with E-state index in [0.717, 1.165) is 76.4 Å². The van der Waals surface area contributed by atoms with Gasteiger partial charge in [-0.3, -0.25) is 0 Å². The number of anilines is 1. The number of hydrogen-bond acceptors (Lipinski definition) is 3. The normalized spacial score (nSPS) is 16.2. The van der Waals surface area contributed by atoms with Crippen molar-refractivity contribution in [2.45, 2.75) is 33.2 Å². The second-order valence-electron chi connectivity index (χ2n) is 11.0. The largest absolute Gasteiger partial charge is 1.00 e. The van der Waals surface area contributed by atoms with E-state index in [4.69, 9.17) is 20.8 Å². The Bertz CT molecular complexity index is 1970. The lowest BCUT2D eigenvalue weighted by Gasteiger charge is -2.16. The fourth-order valence-electron chi connectivity index (χ4n) is 6.07. The molecule has 0 bridgehead atoms. The molecule has 0 atom stereocenters.